The average Bonchev–Trinajstić information content (AvgIpc) is 2.73. The fourth-order valence-electron chi connectivity index (χ4n) is 1.63. The standard InChI is InChI=1S/C12H9ClFN3O3/c1-5-2-8(9(16-5)12(19)20)17-11(18)7-3-6(14)4-15-10(7)13/h2-4,16H,1H3,(H,17,18)(H,19,20). The van der Waals surface area contributed by atoms with Gasteiger partial charge in [-0.15, -0.1) is 0 Å². The number of carbonyl (C=O) groups is 2. The zero-order valence-electron chi connectivity index (χ0n) is 10.2. The van der Waals surface area contributed by atoms with Crippen LogP contribution in [0.3, 0.4) is 0 Å². The molecule has 0 fully saturated rings. The van der Waals surface area contributed by atoms with Gasteiger partial charge in [0.2, 0.25) is 0 Å². The van der Waals surface area contributed by atoms with Gasteiger partial charge >= 0.3 is 5.97 Å². The van der Waals surface area contributed by atoms with E-state index in [-0.39, 0.29) is 22.1 Å². The lowest BCUT2D eigenvalue weighted by molar-refractivity contribution is 0.0692. The van der Waals surface area contributed by atoms with Gasteiger partial charge in [0.1, 0.15) is 16.7 Å². The van der Waals surface area contributed by atoms with Gasteiger partial charge in [0.25, 0.3) is 5.91 Å². The lowest BCUT2D eigenvalue weighted by Gasteiger charge is -2.05. The van der Waals surface area contributed by atoms with Gasteiger partial charge in [-0.3, -0.25) is 4.79 Å². The Labute approximate surface area is 117 Å². The highest BCUT2D eigenvalue weighted by atomic mass is 35.5. The van der Waals surface area contributed by atoms with Crippen LogP contribution in [0.15, 0.2) is 18.3 Å². The first kappa shape index (κ1) is 14.0. The molecule has 2 rings (SSSR count). The largest absolute Gasteiger partial charge is 0.477 e. The van der Waals surface area contributed by atoms with E-state index in [2.05, 4.69) is 15.3 Å². The first-order valence-electron chi connectivity index (χ1n) is 5.44. The summed E-state index contributed by atoms with van der Waals surface area (Å²) in [7, 11) is 0. The number of nitrogens with zero attached hydrogens (tertiary/aromatic N) is 1. The molecule has 1 amide bonds. The molecule has 0 radical (unpaired) electrons. The molecule has 0 aromatic carbocycles. The van der Waals surface area contributed by atoms with Crippen molar-refractivity contribution >= 4 is 29.2 Å². The summed E-state index contributed by atoms with van der Waals surface area (Å²) < 4.78 is 13.1. The Hall–Kier alpha value is -2.41. The first-order valence-corrected chi connectivity index (χ1v) is 5.81. The molecular formula is C12H9ClFN3O3. The summed E-state index contributed by atoms with van der Waals surface area (Å²) in [4.78, 5) is 29.1. The van der Waals surface area contributed by atoms with Gasteiger partial charge in [0.15, 0.2) is 0 Å². The third kappa shape index (κ3) is 2.77. The minimum Gasteiger partial charge on any atom is -0.477 e. The highest BCUT2D eigenvalue weighted by Gasteiger charge is 2.18. The Morgan fingerprint density at radius 2 is 2.15 bits per heavy atom. The van der Waals surface area contributed by atoms with Crippen molar-refractivity contribution < 1.29 is 19.1 Å². The molecule has 0 aliphatic rings. The van der Waals surface area contributed by atoms with Crippen LogP contribution in [0.4, 0.5) is 10.1 Å². The van der Waals surface area contributed by atoms with Crippen LogP contribution < -0.4 is 5.32 Å². The smallest absolute Gasteiger partial charge is 0.354 e. The summed E-state index contributed by atoms with van der Waals surface area (Å²) in [6.45, 7) is 1.64. The second-order valence-electron chi connectivity index (χ2n) is 3.99. The predicted molar refractivity (Wildman–Crippen MR) is 69.6 cm³/mol. The second-order valence-corrected chi connectivity index (χ2v) is 4.35. The number of anilines is 1. The number of aromatic amines is 1. The Morgan fingerprint density at radius 3 is 2.80 bits per heavy atom. The quantitative estimate of drug-likeness (QED) is 0.758. The maximum Gasteiger partial charge on any atom is 0.354 e. The van der Waals surface area contributed by atoms with Crippen LogP contribution in [-0.4, -0.2) is 27.0 Å². The number of amides is 1. The first-order chi connectivity index (χ1) is 9.38. The van der Waals surface area contributed by atoms with Gasteiger partial charge < -0.3 is 15.4 Å². The zero-order valence-corrected chi connectivity index (χ0v) is 11.0. The molecule has 104 valence electrons. The van der Waals surface area contributed by atoms with Crippen molar-refractivity contribution in [2.75, 3.05) is 5.32 Å². The molecule has 2 aromatic heterocycles. The summed E-state index contributed by atoms with van der Waals surface area (Å²) in [5.41, 5.74) is 0.277. The topological polar surface area (TPSA) is 95.1 Å². The monoisotopic (exact) mass is 297 g/mol. The van der Waals surface area contributed by atoms with E-state index in [1.807, 2.05) is 0 Å². The molecule has 0 unspecified atom stereocenters. The maximum absolute atomic E-state index is 13.1. The van der Waals surface area contributed by atoms with Crippen molar-refractivity contribution in [1.82, 2.24) is 9.97 Å². The molecule has 2 aromatic rings. The fraction of sp³-hybridized carbons (Fsp3) is 0.0833. The van der Waals surface area contributed by atoms with Crippen molar-refractivity contribution in [3.05, 3.63) is 46.3 Å². The lowest BCUT2D eigenvalue weighted by Crippen LogP contribution is -2.15. The number of pyridine rings is 1. The highest BCUT2D eigenvalue weighted by molar-refractivity contribution is 6.33. The van der Waals surface area contributed by atoms with E-state index < -0.39 is 17.7 Å². The predicted octanol–water partition coefficient (Wildman–Crippen LogP) is 2.46. The van der Waals surface area contributed by atoms with Gasteiger partial charge in [-0.2, -0.15) is 0 Å². The average molecular weight is 298 g/mol. The number of aromatic nitrogens is 2. The molecule has 0 atom stereocenters. The number of rotatable bonds is 3. The Bertz CT molecular complexity index is 699. The maximum atomic E-state index is 13.1. The van der Waals surface area contributed by atoms with Crippen molar-refractivity contribution in [1.29, 1.82) is 0 Å². The molecule has 2 heterocycles. The van der Waals surface area contributed by atoms with E-state index in [1.165, 1.54) is 6.07 Å². The number of nitrogens with one attached hydrogen (secondary N) is 2. The van der Waals surface area contributed by atoms with Crippen LogP contribution in [-0.2, 0) is 0 Å². The molecule has 0 saturated carbocycles. The molecule has 0 spiro atoms. The van der Waals surface area contributed by atoms with Gasteiger partial charge in [0, 0.05) is 5.69 Å². The SMILES string of the molecule is Cc1cc(NC(=O)c2cc(F)cnc2Cl)c(C(=O)O)[nH]1. The third-order valence-corrected chi connectivity index (χ3v) is 2.77. The van der Waals surface area contributed by atoms with Gasteiger partial charge in [-0.1, -0.05) is 11.6 Å². The number of hydrogen-bond donors (Lipinski definition) is 3. The summed E-state index contributed by atoms with van der Waals surface area (Å²) in [5.74, 6) is -2.69. The van der Waals surface area contributed by atoms with Crippen LogP contribution in [0.2, 0.25) is 5.15 Å². The van der Waals surface area contributed by atoms with Gasteiger partial charge in [-0.25, -0.2) is 14.2 Å². The van der Waals surface area contributed by atoms with Crippen molar-refractivity contribution in [3.63, 3.8) is 0 Å². The van der Waals surface area contributed by atoms with Crippen LogP contribution in [0.25, 0.3) is 0 Å². The third-order valence-electron chi connectivity index (χ3n) is 2.46. The van der Waals surface area contributed by atoms with Crippen LogP contribution >= 0.6 is 11.6 Å². The Morgan fingerprint density at radius 1 is 1.45 bits per heavy atom. The Balaban J connectivity index is 2.32. The summed E-state index contributed by atoms with van der Waals surface area (Å²) in [6, 6.07) is 2.37. The number of hydrogen-bond acceptors (Lipinski definition) is 3. The number of carboxylic acids is 1. The molecule has 3 N–H and O–H groups in total. The fourth-order valence-corrected chi connectivity index (χ4v) is 1.82. The van der Waals surface area contributed by atoms with E-state index in [1.54, 1.807) is 6.92 Å². The molecule has 8 heteroatoms. The normalized spacial score (nSPS) is 10.3. The van der Waals surface area contributed by atoms with Gasteiger partial charge in [0.05, 0.1) is 17.4 Å². The molecule has 0 bridgehead atoms. The van der Waals surface area contributed by atoms with E-state index in [0.29, 0.717) is 5.69 Å². The minimum atomic E-state index is -1.23. The van der Waals surface area contributed by atoms with E-state index in [4.69, 9.17) is 16.7 Å². The molecule has 0 aliphatic carbocycles. The number of aryl methyl sites for hydroxylation is 1. The van der Waals surface area contributed by atoms with Crippen molar-refractivity contribution in [2.24, 2.45) is 0 Å². The number of halogens is 2. The zero-order chi connectivity index (χ0) is 14.9. The van der Waals surface area contributed by atoms with E-state index >= 15 is 0 Å². The van der Waals surface area contributed by atoms with E-state index in [9.17, 15) is 14.0 Å². The molecule has 6 nitrogen and oxygen atoms in total. The summed E-state index contributed by atoms with van der Waals surface area (Å²) >= 11 is 5.70. The number of carboxylic acid groups (broad SMARTS) is 1. The van der Waals surface area contributed by atoms with Crippen LogP contribution in [0.5, 0.6) is 0 Å². The molecule has 0 aliphatic heterocycles. The van der Waals surface area contributed by atoms with Crippen LogP contribution in [0, 0.1) is 12.7 Å². The number of carbonyl (C=O) groups excluding carboxylic acids is 1. The molecule has 0 saturated heterocycles. The van der Waals surface area contributed by atoms with Crippen LogP contribution in [0.1, 0.15) is 26.5 Å². The molecular weight excluding hydrogens is 289 g/mol. The van der Waals surface area contributed by atoms with Crippen molar-refractivity contribution in [2.45, 2.75) is 6.92 Å². The lowest BCUT2D eigenvalue weighted by atomic mass is 10.2. The summed E-state index contributed by atoms with van der Waals surface area (Å²) in [5, 5.41) is 11.2. The highest BCUT2D eigenvalue weighted by Crippen LogP contribution is 2.20. The number of aromatic carboxylic acids is 1. The Kier molecular flexibility index (Phi) is 3.71. The van der Waals surface area contributed by atoms with E-state index in [0.717, 1.165) is 12.3 Å². The summed E-state index contributed by atoms with van der Waals surface area (Å²) in [6.07, 6.45) is 0.877. The van der Waals surface area contributed by atoms with Crippen molar-refractivity contribution in [3.8, 4) is 0 Å². The molecule has 20 heavy (non-hydrogen) atoms. The number of H-pyrrole nitrogens is 1. The van der Waals surface area contributed by atoms with Gasteiger partial charge in [-0.05, 0) is 19.1 Å². The second kappa shape index (κ2) is 5.30. The minimum absolute atomic E-state index is 0.0697.